The predicted molar refractivity (Wildman–Crippen MR) is 62.9 cm³/mol. The minimum atomic E-state index is 0.260. The van der Waals surface area contributed by atoms with Gasteiger partial charge in [0.05, 0.1) is 17.4 Å². The van der Waals surface area contributed by atoms with Gasteiger partial charge in [0.25, 0.3) is 0 Å². The fourth-order valence-electron chi connectivity index (χ4n) is 2.20. The molecule has 1 aliphatic rings. The molecule has 2 aromatic rings. The van der Waals surface area contributed by atoms with Crippen molar-refractivity contribution in [2.24, 2.45) is 0 Å². The van der Waals surface area contributed by atoms with Crippen LogP contribution in [0.1, 0.15) is 24.6 Å². The molecule has 0 saturated heterocycles. The lowest BCUT2D eigenvalue weighted by Gasteiger charge is -2.32. The van der Waals surface area contributed by atoms with Crippen molar-refractivity contribution in [2.75, 3.05) is 11.9 Å². The largest absolute Gasteiger partial charge is 0.363 e. The Morgan fingerprint density at radius 1 is 1.19 bits per heavy atom. The molecule has 3 rings (SSSR count). The van der Waals surface area contributed by atoms with Crippen LogP contribution in [-0.4, -0.2) is 21.8 Å². The summed E-state index contributed by atoms with van der Waals surface area (Å²) in [6.45, 7) is 4.08. The highest BCUT2D eigenvalue weighted by Gasteiger charge is 2.27. The van der Waals surface area contributed by atoms with E-state index in [1.807, 2.05) is 17.7 Å². The first-order valence-electron chi connectivity index (χ1n) is 5.44. The van der Waals surface area contributed by atoms with Crippen molar-refractivity contribution in [3.63, 3.8) is 0 Å². The Balaban J connectivity index is 2.32. The molecule has 1 aliphatic heterocycles. The standard InChI is InChI=1S/C12H14N4/c1-8-12-13-9(2)14-16(12)11-7-5-4-6-10(11)15(8)3/h4-8H,1-3H3. The Labute approximate surface area is 94.5 Å². The molecule has 4 nitrogen and oxygen atoms in total. The zero-order valence-corrected chi connectivity index (χ0v) is 9.68. The molecule has 2 heterocycles. The summed E-state index contributed by atoms with van der Waals surface area (Å²) in [7, 11) is 2.09. The second-order valence-corrected chi connectivity index (χ2v) is 4.20. The van der Waals surface area contributed by atoms with Crippen LogP contribution in [0.2, 0.25) is 0 Å². The van der Waals surface area contributed by atoms with Gasteiger partial charge >= 0.3 is 0 Å². The summed E-state index contributed by atoms with van der Waals surface area (Å²) in [6.07, 6.45) is 0. The molecule has 16 heavy (non-hydrogen) atoms. The molecule has 0 N–H and O–H groups in total. The third kappa shape index (κ3) is 1.10. The minimum absolute atomic E-state index is 0.260. The van der Waals surface area contributed by atoms with Crippen LogP contribution in [0.4, 0.5) is 5.69 Å². The first-order chi connectivity index (χ1) is 7.68. The molecule has 4 heteroatoms. The summed E-state index contributed by atoms with van der Waals surface area (Å²) in [6, 6.07) is 8.54. The van der Waals surface area contributed by atoms with E-state index in [0.717, 1.165) is 17.3 Å². The van der Waals surface area contributed by atoms with Crippen molar-refractivity contribution < 1.29 is 0 Å². The van der Waals surface area contributed by atoms with Crippen LogP contribution in [0.25, 0.3) is 5.69 Å². The average molecular weight is 214 g/mol. The highest BCUT2D eigenvalue weighted by molar-refractivity contribution is 5.65. The highest BCUT2D eigenvalue weighted by Crippen LogP contribution is 2.35. The molecule has 1 aromatic carbocycles. The van der Waals surface area contributed by atoms with Crippen LogP contribution in [0.5, 0.6) is 0 Å². The molecule has 0 bridgehead atoms. The van der Waals surface area contributed by atoms with E-state index in [4.69, 9.17) is 0 Å². The van der Waals surface area contributed by atoms with Crippen molar-refractivity contribution in [1.29, 1.82) is 0 Å². The monoisotopic (exact) mass is 214 g/mol. The van der Waals surface area contributed by atoms with Gasteiger partial charge in [-0.2, -0.15) is 5.10 Å². The third-order valence-corrected chi connectivity index (χ3v) is 3.18. The Kier molecular flexibility index (Phi) is 1.80. The van der Waals surface area contributed by atoms with E-state index >= 15 is 0 Å². The fraction of sp³-hybridized carbons (Fsp3) is 0.333. The number of hydrogen-bond acceptors (Lipinski definition) is 3. The Morgan fingerprint density at radius 3 is 2.62 bits per heavy atom. The number of anilines is 1. The van der Waals surface area contributed by atoms with Crippen LogP contribution < -0.4 is 4.90 Å². The summed E-state index contributed by atoms with van der Waals surface area (Å²) in [5.41, 5.74) is 2.31. The Hall–Kier alpha value is -1.84. The quantitative estimate of drug-likeness (QED) is 0.673. The normalized spacial score (nSPS) is 18.2. The maximum Gasteiger partial charge on any atom is 0.154 e. The number of rotatable bonds is 0. The zero-order chi connectivity index (χ0) is 11.3. The fourth-order valence-corrected chi connectivity index (χ4v) is 2.20. The summed E-state index contributed by atoms with van der Waals surface area (Å²) >= 11 is 0. The van der Waals surface area contributed by atoms with Gasteiger partial charge in [0.15, 0.2) is 5.82 Å². The molecular weight excluding hydrogens is 200 g/mol. The van der Waals surface area contributed by atoms with Gasteiger partial charge in [-0.25, -0.2) is 9.67 Å². The van der Waals surface area contributed by atoms with E-state index in [1.165, 1.54) is 5.69 Å². The average Bonchev–Trinajstić information content (AvgIpc) is 2.68. The molecule has 0 aliphatic carbocycles. The number of benzene rings is 1. The molecule has 1 unspecified atom stereocenters. The Morgan fingerprint density at radius 2 is 1.88 bits per heavy atom. The number of aromatic nitrogens is 3. The van der Waals surface area contributed by atoms with Crippen LogP contribution in [0.15, 0.2) is 24.3 Å². The zero-order valence-electron chi connectivity index (χ0n) is 9.68. The summed E-state index contributed by atoms with van der Waals surface area (Å²) < 4.78 is 1.95. The van der Waals surface area contributed by atoms with Crippen molar-refractivity contribution >= 4 is 5.69 Å². The van der Waals surface area contributed by atoms with E-state index in [2.05, 4.69) is 47.2 Å². The van der Waals surface area contributed by atoms with E-state index in [0.29, 0.717) is 0 Å². The van der Waals surface area contributed by atoms with E-state index < -0.39 is 0 Å². The summed E-state index contributed by atoms with van der Waals surface area (Å²) in [5, 5.41) is 4.46. The molecule has 1 aromatic heterocycles. The minimum Gasteiger partial charge on any atom is -0.363 e. The summed E-state index contributed by atoms with van der Waals surface area (Å²) in [4.78, 5) is 6.73. The number of para-hydroxylation sites is 2. The van der Waals surface area contributed by atoms with E-state index in [9.17, 15) is 0 Å². The molecule has 0 amide bonds. The van der Waals surface area contributed by atoms with Gasteiger partial charge in [0.2, 0.25) is 0 Å². The van der Waals surface area contributed by atoms with Crippen molar-refractivity contribution in [3.8, 4) is 5.69 Å². The van der Waals surface area contributed by atoms with Crippen LogP contribution in [-0.2, 0) is 0 Å². The predicted octanol–water partition coefficient (Wildman–Crippen LogP) is 2.09. The number of nitrogens with zero attached hydrogens (tertiary/aromatic N) is 4. The van der Waals surface area contributed by atoms with Gasteiger partial charge in [-0.1, -0.05) is 12.1 Å². The van der Waals surface area contributed by atoms with Gasteiger partial charge in [0, 0.05) is 7.05 Å². The number of hydrogen-bond donors (Lipinski definition) is 0. The van der Waals surface area contributed by atoms with Gasteiger partial charge in [0.1, 0.15) is 5.82 Å². The molecular formula is C12H14N4. The third-order valence-electron chi connectivity index (χ3n) is 3.18. The second-order valence-electron chi connectivity index (χ2n) is 4.20. The summed E-state index contributed by atoms with van der Waals surface area (Å²) in [5.74, 6) is 1.84. The van der Waals surface area contributed by atoms with Crippen LogP contribution >= 0.6 is 0 Å². The highest BCUT2D eigenvalue weighted by atomic mass is 15.4. The lowest BCUT2D eigenvalue weighted by molar-refractivity contribution is 0.623. The number of aryl methyl sites for hydroxylation is 1. The van der Waals surface area contributed by atoms with Gasteiger partial charge in [-0.15, -0.1) is 0 Å². The van der Waals surface area contributed by atoms with Crippen molar-refractivity contribution in [3.05, 3.63) is 35.9 Å². The van der Waals surface area contributed by atoms with Crippen molar-refractivity contribution in [2.45, 2.75) is 19.9 Å². The van der Waals surface area contributed by atoms with Gasteiger partial charge < -0.3 is 4.90 Å². The molecule has 0 fully saturated rings. The van der Waals surface area contributed by atoms with Gasteiger partial charge in [-0.3, -0.25) is 0 Å². The van der Waals surface area contributed by atoms with Crippen LogP contribution in [0.3, 0.4) is 0 Å². The van der Waals surface area contributed by atoms with E-state index in [-0.39, 0.29) is 6.04 Å². The second kappa shape index (κ2) is 3.07. The molecule has 82 valence electrons. The van der Waals surface area contributed by atoms with E-state index in [1.54, 1.807) is 0 Å². The molecule has 0 radical (unpaired) electrons. The van der Waals surface area contributed by atoms with Crippen molar-refractivity contribution in [1.82, 2.24) is 14.8 Å². The molecule has 1 atom stereocenters. The lowest BCUT2D eigenvalue weighted by Crippen LogP contribution is -2.30. The lowest BCUT2D eigenvalue weighted by atomic mass is 10.1. The first-order valence-corrected chi connectivity index (χ1v) is 5.44. The topological polar surface area (TPSA) is 34.0 Å². The number of fused-ring (bicyclic) bond motifs is 3. The maximum atomic E-state index is 4.49. The van der Waals surface area contributed by atoms with Crippen LogP contribution in [0, 0.1) is 6.92 Å². The molecule has 0 spiro atoms. The maximum absolute atomic E-state index is 4.49. The first kappa shape index (κ1) is 9.39. The smallest absolute Gasteiger partial charge is 0.154 e. The Bertz CT molecular complexity index is 544. The van der Waals surface area contributed by atoms with Gasteiger partial charge in [-0.05, 0) is 26.0 Å². The SMILES string of the molecule is Cc1nc2n(n1)-c1ccccc1N(C)C2C. The molecule has 0 saturated carbocycles.